The minimum absolute atomic E-state index is 0.451. The molecule has 0 radical (unpaired) electrons. The van der Waals surface area contributed by atoms with Crippen LogP contribution in [0.3, 0.4) is 0 Å². The Hall–Kier alpha value is -1.32. The number of aryl methyl sites for hydroxylation is 1. The van der Waals surface area contributed by atoms with Gasteiger partial charge in [-0.15, -0.1) is 0 Å². The molecule has 0 saturated heterocycles. The van der Waals surface area contributed by atoms with Crippen molar-refractivity contribution in [2.24, 2.45) is 0 Å². The van der Waals surface area contributed by atoms with Gasteiger partial charge in [-0.2, -0.15) is 0 Å². The topological polar surface area (TPSA) is 43.1 Å². The first-order valence-electron chi connectivity index (χ1n) is 5.56. The highest BCUT2D eigenvalue weighted by Gasteiger charge is 2.08. The van der Waals surface area contributed by atoms with Gasteiger partial charge >= 0.3 is 0 Å². The monoisotopic (exact) mass is 279 g/mol. The van der Waals surface area contributed by atoms with Crippen LogP contribution in [0.5, 0.6) is 0 Å². The van der Waals surface area contributed by atoms with Crippen molar-refractivity contribution in [3.63, 3.8) is 0 Å². The smallest absolute Gasteiger partial charge is 0.0635 e. The number of halogens is 1. The average molecular weight is 280 g/mol. The van der Waals surface area contributed by atoms with Crippen molar-refractivity contribution in [1.82, 2.24) is 0 Å². The molecule has 0 aliphatic carbocycles. The number of anilines is 1. The van der Waals surface area contributed by atoms with Crippen LogP contribution < -0.4 is 5.73 Å². The summed E-state index contributed by atoms with van der Waals surface area (Å²) in [7, 11) is -1.06. The van der Waals surface area contributed by atoms with Crippen LogP contribution in [-0.2, 0) is 16.6 Å². The largest absolute Gasteiger partial charge is 0.398 e. The van der Waals surface area contributed by atoms with E-state index in [-0.39, 0.29) is 0 Å². The molecule has 2 aromatic rings. The van der Waals surface area contributed by atoms with E-state index in [1.54, 1.807) is 12.1 Å². The zero-order valence-electron chi connectivity index (χ0n) is 10.0. The van der Waals surface area contributed by atoms with Gasteiger partial charge < -0.3 is 5.73 Å². The van der Waals surface area contributed by atoms with Gasteiger partial charge in [0.25, 0.3) is 0 Å². The molecule has 0 heterocycles. The number of rotatable bonds is 3. The fourth-order valence-electron chi connectivity index (χ4n) is 1.72. The SMILES string of the molecule is Cc1ccccc1S(=O)Cc1ccc(Cl)c(N)c1. The van der Waals surface area contributed by atoms with Crippen LogP contribution in [-0.4, -0.2) is 4.21 Å². The molecule has 94 valence electrons. The van der Waals surface area contributed by atoms with E-state index in [4.69, 9.17) is 17.3 Å². The molecule has 18 heavy (non-hydrogen) atoms. The van der Waals surface area contributed by atoms with Gasteiger partial charge in [0.15, 0.2) is 0 Å². The van der Waals surface area contributed by atoms with Crippen LogP contribution in [0.4, 0.5) is 5.69 Å². The van der Waals surface area contributed by atoms with Crippen molar-refractivity contribution >= 4 is 28.1 Å². The molecule has 1 unspecified atom stereocenters. The zero-order valence-corrected chi connectivity index (χ0v) is 11.6. The maximum Gasteiger partial charge on any atom is 0.0635 e. The quantitative estimate of drug-likeness (QED) is 0.874. The van der Waals surface area contributed by atoms with Gasteiger partial charge in [0, 0.05) is 4.90 Å². The summed E-state index contributed by atoms with van der Waals surface area (Å²) in [5.41, 5.74) is 8.23. The molecule has 2 rings (SSSR count). The van der Waals surface area contributed by atoms with Crippen LogP contribution >= 0.6 is 11.6 Å². The predicted molar refractivity (Wildman–Crippen MR) is 77.2 cm³/mol. The van der Waals surface area contributed by atoms with Crippen molar-refractivity contribution in [3.05, 3.63) is 58.6 Å². The molecule has 0 spiro atoms. The van der Waals surface area contributed by atoms with Crippen LogP contribution in [0, 0.1) is 6.92 Å². The molecule has 0 fully saturated rings. The molecule has 0 aliphatic heterocycles. The molecule has 1 atom stereocenters. The molecule has 0 amide bonds. The maximum atomic E-state index is 12.3. The van der Waals surface area contributed by atoms with Crippen molar-refractivity contribution in [2.75, 3.05) is 5.73 Å². The molecule has 2 nitrogen and oxygen atoms in total. The lowest BCUT2D eigenvalue weighted by molar-refractivity contribution is 0.682. The van der Waals surface area contributed by atoms with Gasteiger partial charge in [0.1, 0.15) is 0 Å². The molecule has 2 aromatic carbocycles. The second-order valence-corrected chi connectivity index (χ2v) is 5.94. The third-order valence-electron chi connectivity index (χ3n) is 2.70. The minimum atomic E-state index is -1.06. The van der Waals surface area contributed by atoms with E-state index in [1.165, 1.54) is 0 Å². The van der Waals surface area contributed by atoms with Crippen molar-refractivity contribution < 1.29 is 4.21 Å². The van der Waals surface area contributed by atoms with Crippen LogP contribution in [0.1, 0.15) is 11.1 Å². The van der Waals surface area contributed by atoms with Gasteiger partial charge in [-0.25, -0.2) is 0 Å². The zero-order chi connectivity index (χ0) is 13.1. The lowest BCUT2D eigenvalue weighted by atomic mass is 10.2. The van der Waals surface area contributed by atoms with E-state index in [1.807, 2.05) is 37.3 Å². The summed E-state index contributed by atoms with van der Waals surface area (Å²) in [5, 5.41) is 0.528. The van der Waals surface area contributed by atoms with E-state index in [0.29, 0.717) is 16.5 Å². The molecule has 4 heteroatoms. The summed E-state index contributed by atoms with van der Waals surface area (Å²) >= 11 is 5.86. The van der Waals surface area contributed by atoms with E-state index >= 15 is 0 Å². The normalized spacial score (nSPS) is 12.3. The molecular weight excluding hydrogens is 266 g/mol. The first kappa shape index (κ1) is 13.1. The summed E-state index contributed by atoms with van der Waals surface area (Å²) < 4.78 is 12.3. The third kappa shape index (κ3) is 2.92. The van der Waals surface area contributed by atoms with Crippen LogP contribution in [0.15, 0.2) is 47.4 Å². The van der Waals surface area contributed by atoms with E-state index in [2.05, 4.69) is 0 Å². The highest BCUT2D eigenvalue weighted by atomic mass is 35.5. The first-order valence-corrected chi connectivity index (χ1v) is 7.25. The first-order chi connectivity index (χ1) is 8.58. The van der Waals surface area contributed by atoms with E-state index in [9.17, 15) is 4.21 Å². The lowest BCUT2D eigenvalue weighted by Crippen LogP contribution is -1.99. The van der Waals surface area contributed by atoms with Gasteiger partial charge in [-0.05, 0) is 36.2 Å². The van der Waals surface area contributed by atoms with Gasteiger partial charge in [0.05, 0.1) is 27.3 Å². The van der Waals surface area contributed by atoms with E-state index in [0.717, 1.165) is 16.0 Å². The minimum Gasteiger partial charge on any atom is -0.398 e. The summed E-state index contributed by atoms with van der Waals surface area (Å²) in [5.74, 6) is 0.451. The molecule has 0 saturated carbocycles. The summed E-state index contributed by atoms with van der Waals surface area (Å²) in [6.45, 7) is 1.96. The predicted octanol–water partition coefficient (Wildman–Crippen LogP) is 3.54. The Kier molecular flexibility index (Phi) is 4.04. The standard InChI is InChI=1S/C14H14ClNOS/c1-10-4-2-3-5-14(10)18(17)9-11-6-7-12(15)13(16)8-11/h2-8H,9,16H2,1H3. The number of nitrogen functional groups attached to an aromatic ring is 1. The second kappa shape index (κ2) is 5.55. The third-order valence-corrected chi connectivity index (χ3v) is 4.59. The Morgan fingerprint density at radius 1 is 1.22 bits per heavy atom. The second-order valence-electron chi connectivity index (χ2n) is 4.11. The Morgan fingerprint density at radius 3 is 2.61 bits per heavy atom. The van der Waals surface area contributed by atoms with Crippen molar-refractivity contribution in [2.45, 2.75) is 17.6 Å². The summed E-state index contributed by atoms with van der Waals surface area (Å²) in [6.07, 6.45) is 0. The molecule has 0 aliphatic rings. The van der Waals surface area contributed by atoms with Crippen LogP contribution in [0.25, 0.3) is 0 Å². The fourth-order valence-corrected chi connectivity index (χ4v) is 3.14. The fraction of sp³-hybridized carbons (Fsp3) is 0.143. The highest BCUT2D eigenvalue weighted by molar-refractivity contribution is 7.84. The maximum absolute atomic E-state index is 12.3. The number of hydrogen-bond donors (Lipinski definition) is 1. The van der Waals surface area contributed by atoms with Gasteiger partial charge in [0.2, 0.25) is 0 Å². The Morgan fingerprint density at radius 2 is 1.94 bits per heavy atom. The lowest BCUT2D eigenvalue weighted by Gasteiger charge is -2.07. The number of nitrogens with two attached hydrogens (primary N) is 1. The number of hydrogen-bond acceptors (Lipinski definition) is 2. The highest BCUT2D eigenvalue weighted by Crippen LogP contribution is 2.22. The van der Waals surface area contributed by atoms with Crippen LogP contribution in [0.2, 0.25) is 5.02 Å². The van der Waals surface area contributed by atoms with Gasteiger partial charge in [-0.3, -0.25) is 4.21 Å². The van der Waals surface area contributed by atoms with Crippen molar-refractivity contribution in [1.29, 1.82) is 0 Å². The Labute approximate surface area is 114 Å². The molecule has 0 aromatic heterocycles. The van der Waals surface area contributed by atoms with E-state index < -0.39 is 10.8 Å². The molecular formula is C14H14ClNOS. The van der Waals surface area contributed by atoms with Gasteiger partial charge in [-0.1, -0.05) is 35.9 Å². The Balaban J connectivity index is 2.22. The molecule has 2 N–H and O–H groups in total. The van der Waals surface area contributed by atoms with Crippen molar-refractivity contribution in [3.8, 4) is 0 Å². The molecule has 0 bridgehead atoms. The number of benzene rings is 2. The summed E-state index contributed by atoms with van der Waals surface area (Å²) in [6, 6.07) is 13.1. The summed E-state index contributed by atoms with van der Waals surface area (Å²) in [4.78, 5) is 0.867. The Bertz CT molecular complexity index is 598. The average Bonchev–Trinajstić information content (AvgIpc) is 2.34.